The van der Waals surface area contributed by atoms with Crippen LogP contribution in [-0.4, -0.2) is 75.9 Å². The Kier molecular flexibility index (Phi) is 9.01. The third-order valence-corrected chi connectivity index (χ3v) is 7.90. The van der Waals surface area contributed by atoms with Crippen molar-refractivity contribution in [2.75, 3.05) is 39.0 Å². The highest BCUT2D eigenvalue weighted by Crippen LogP contribution is 2.32. The number of rotatable bonds is 9. The second-order valence-corrected chi connectivity index (χ2v) is 12.1. The Bertz CT molecular complexity index is 1440. The van der Waals surface area contributed by atoms with Crippen LogP contribution in [0.5, 0.6) is 0 Å². The maximum absolute atomic E-state index is 13.4. The van der Waals surface area contributed by atoms with Crippen molar-refractivity contribution in [2.24, 2.45) is 10.7 Å². The molecule has 4 rings (SSSR count). The van der Waals surface area contributed by atoms with Crippen LogP contribution in [0.3, 0.4) is 0 Å². The molecule has 39 heavy (non-hydrogen) atoms. The Morgan fingerprint density at radius 3 is 2.46 bits per heavy atom. The SMILES string of the molecule is CCCN(CCNS(C)(=O)=C=O)C(=O)C1=Cc2ccc(-c3ccc(C(=O)N4CCCC4)cc3)cc2N=C(N)C1. The van der Waals surface area contributed by atoms with Crippen molar-refractivity contribution in [3.8, 4) is 11.1 Å². The highest BCUT2D eigenvalue weighted by molar-refractivity contribution is 7.98. The van der Waals surface area contributed by atoms with Gasteiger partial charge in [0.2, 0.25) is 11.1 Å². The van der Waals surface area contributed by atoms with Crippen molar-refractivity contribution in [1.82, 2.24) is 14.5 Å². The summed E-state index contributed by atoms with van der Waals surface area (Å²) < 4.78 is 14.6. The van der Waals surface area contributed by atoms with Gasteiger partial charge in [-0.3, -0.25) is 9.59 Å². The molecule has 1 unspecified atom stereocenters. The Morgan fingerprint density at radius 1 is 1.10 bits per heavy atom. The first-order chi connectivity index (χ1) is 18.7. The summed E-state index contributed by atoms with van der Waals surface area (Å²) in [7, 11) is -2.89. The fraction of sp³-hybridized carbons (Fsp3) is 0.379. The molecule has 9 nitrogen and oxygen atoms in total. The average molecular weight is 550 g/mol. The molecule has 0 aromatic heterocycles. The molecule has 0 spiro atoms. The van der Waals surface area contributed by atoms with Crippen LogP contribution in [0, 0.1) is 0 Å². The van der Waals surface area contributed by atoms with E-state index >= 15 is 0 Å². The minimum atomic E-state index is -2.89. The first-order valence-electron chi connectivity index (χ1n) is 13.2. The summed E-state index contributed by atoms with van der Waals surface area (Å²) in [6.45, 7) is 4.60. The molecule has 2 aliphatic rings. The molecule has 1 saturated heterocycles. The Hall–Kier alpha value is -3.72. The summed E-state index contributed by atoms with van der Waals surface area (Å²) >= 11 is 0. The molecular formula is C29H35N5O4S. The molecule has 2 heterocycles. The largest absolute Gasteiger partial charge is 0.387 e. The number of carbonyl (C=O) groups excluding carboxylic acids is 3. The minimum Gasteiger partial charge on any atom is -0.387 e. The molecule has 2 aromatic rings. The first kappa shape index (κ1) is 28.3. The van der Waals surface area contributed by atoms with Gasteiger partial charge in [-0.1, -0.05) is 31.2 Å². The zero-order valence-corrected chi connectivity index (χ0v) is 23.3. The van der Waals surface area contributed by atoms with Gasteiger partial charge >= 0.3 is 0 Å². The number of likely N-dealkylation sites (tertiary alicyclic amines) is 1. The van der Waals surface area contributed by atoms with E-state index in [0.29, 0.717) is 29.2 Å². The third kappa shape index (κ3) is 7.03. The molecule has 1 fully saturated rings. The van der Waals surface area contributed by atoms with E-state index in [9.17, 15) is 18.6 Å². The van der Waals surface area contributed by atoms with E-state index in [1.807, 2.05) is 60.4 Å². The van der Waals surface area contributed by atoms with Crippen LogP contribution < -0.4 is 10.5 Å². The molecule has 0 radical (unpaired) electrons. The molecule has 0 saturated carbocycles. The zero-order valence-electron chi connectivity index (χ0n) is 22.4. The summed E-state index contributed by atoms with van der Waals surface area (Å²) in [5.41, 5.74) is 10.8. The summed E-state index contributed by atoms with van der Waals surface area (Å²) in [5, 5.41) is 1.50. The van der Waals surface area contributed by atoms with E-state index in [-0.39, 0.29) is 31.3 Å². The molecule has 0 aliphatic carbocycles. The molecular weight excluding hydrogens is 514 g/mol. The van der Waals surface area contributed by atoms with E-state index in [1.54, 1.807) is 4.90 Å². The number of amides is 2. The van der Waals surface area contributed by atoms with Gasteiger partial charge in [0.05, 0.1) is 5.69 Å². The maximum atomic E-state index is 13.4. The van der Waals surface area contributed by atoms with Crippen LogP contribution in [0.1, 0.15) is 48.5 Å². The second kappa shape index (κ2) is 12.4. The standard InChI is InChI=1S/C29H35N5O4S/c1-3-13-33(16-12-31-39(2,38)20-35)29(37)25-17-24-11-10-23(18-26(24)32-27(30)19-25)21-6-8-22(9-7-21)28(36)34-14-4-5-15-34/h6-11,17-18H,3-5,12-16,19H2,1-2H3,(H2,30,32)(H,31,38). The van der Waals surface area contributed by atoms with Crippen LogP contribution in [0.4, 0.5) is 5.69 Å². The number of aliphatic imine (C=N–C) groups is 1. The molecule has 2 aromatic carbocycles. The monoisotopic (exact) mass is 549 g/mol. The topological polar surface area (TPSA) is 125 Å². The van der Waals surface area contributed by atoms with Gasteiger partial charge in [0.15, 0.2) is 0 Å². The van der Waals surface area contributed by atoms with E-state index in [0.717, 1.165) is 49.0 Å². The second-order valence-electron chi connectivity index (χ2n) is 9.91. The number of nitrogens with two attached hydrogens (primary N) is 1. The highest BCUT2D eigenvalue weighted by Gasteiger charge is 2.22. The van der Waals surface area contributed by atoms with Gasteiger partial charge in [0.1, 0.15) is 15.5 Å². The third-order valence-electron chi connectivity index (χ3n) is 6.83. The first-order valence-corrected chi connectivity index (χ1v) is 15.2. The lowest BCUT2D eigenvalue weighted by molar-refractivity contribution is -0.127. The van der Waals surface area contributed by atoms with Gasteiger partial charge in [0, 0.05) is 62.1 Å². The lowest BCUT2D eigenvalue weighted by Crippen LogP contribution is -2.40. The molecule has 2 aliphatic heterocycles. The zero-order chi connectivity index (χ0) is 28.0. The van der Waals surface area contributed by atoms with E-state index in [1.165, 1.54) is 11.5 Å². The fourth-order valence-electron chi connectivity index (χ4n) is 4.81. The van der Waals surface area contributed by atoms with Crippen molar-refractivity contribution in [3.05, 3.63) is 59.2 Å². The molecule has 2 amide bonds. The Balaban J connectivity index is 1.54. The average Bonchev–Trinajstić information content (AvgIpc) is 3.41. The minimum absolute atomic E-state index is 0.0685. The maximum Gasteiger partial charge on any atom is 0.253 e. The van der Waals surface area contributed by atoms with Gasteiger partial charge in [-0.25, -0.2) is 18.7 Å². The number of carbonyl (C=O) groups is 2. The number of hydrogen-bond donors (Lipinski definition) is 2. The number of nitrogens with one attached hydrogen (secondary N) is 1. The highest BCUT2D eigenvalue weighted by atomic mass is 32.2. The van der Waals surface area contributed by atoms with E-state index in [2.05, 4.69) is 9.71 Å². The summed E-state index contributed by atoms with van der Waals surface area (Å²) in [6, 6.07) is 13.4. The summed E-state index contributed by atoms with van der Waals surface area (Å²) in [5.74, 6) is 0.224. The number of fused-ring (bicyclic) bond motifs is 1. The van der Waals surface area contributed by atoms with E-state index in [4.69, 9.17) is 5.73 Å². The summed E-state index contributed by atoms with van der Waals surface area (Å²) in [4.78, 5) is 45.1. The van der Waals surface area contributed by atoms with Crippen LogP contribution in [0.15, 0.2) is 53.0 Å². The van der Waals surface area contributed by atoms with Crippen LogP contribution in [-0.2, 0) is 19.3 Å². The molecule has 3 N–H and O–H groups in total. The lowest BCUT2D eigenvalue weighted by Gasteiger charge is -2.23. The van der Waals surface area contributed by atoms with Gasteiger partial charge in [-0.05, 0) is 54.7 Å². The molecule has 1 atom stereocenters. The predicted molar refractivity (Wildman–Crippen MR) is 156 cm³/mol. The van der Waals surface area contributed by atoms with Crippen LogP contribution >= 0.6 is 0 Å². The van der Waals surface area contributed by atoms with Crippen molar-refractivity contribution in [3.63, 3.8) is 0 Å². The van der Waals surface area contributed by atoms with Gasteiger partial charge in [-0.15, -0.1) is 0 Å². The van der Waals surface area contributed by atoms with Crippen LogP contribution in [0.25, 0.3) is 17.2 Å². The quantitative estimate of drug-likeness (QED) is 0.465. The van der Waals surface area contributed by atoms with E-state index < -0.39 is 9.71 Å². The van der Waals surface area contributed by atoms with Crippen LogP contribution in [0.2, 0.25) is 0 Å². The van der Waals surface area contributed by atoms with Crippen molar-refractivity contribution < 1.29 is 18.6 Å². The van der Waals surface area contributed by atoms with Gasteiger partial charge < -0.3 is 15.5 Å². The number of nitrogens with zero attached hydrogens (tertiary/aromatic N) is 3. The molecule has 10 heteroatoms. The Labute approximate surface area is 229 Å². The lowest BCUT2D eigenvalue weighted by atomic mass is 9.99. The van der Waals surface area contributed by atoms with Crippen molar-refractivity contribution >= 4 is 44.4 Å². The smallest absolute Gasteiger partial charge is 0.253 e. The number of amidine groups is 1. The Morgan fingerprint density at radius 2 is 1.79 bits per heavy atom. The van der Waals surface area contributed by atoms with Crippen molar-refractivity contribution in [2.45, 2.75) is 32.6 Å². The van der Waals surface area contributed by atoms with Crippen molar-refractivity contribution in [1.29, 1.82) is 0 Å². The van der Waals surface area contributed by atoms with Gasteiger partial charge in [-0.2, -0.15) is 0 Å². The fourth-order valence-corrected chi connectivity index (χ4v) is 5.35. The number of benzene rings is 2. The molecule has 206 valence electrons. The summed E-state index contributed by atoms with van der Waals surface area (Å²) in [6.07, 6.45) is 6.16. The predicted octanol–water partition coefficient (Wildman–Crippen LogP) is 3.09. The molecule has 0 bridgehead atoms. The van der Waals surface area contributed by atoms with Gasteiger partial charge in [0.25, 0.3) is 5.91 Å². The normalized spacial score (nSPS) is 16.3. The number of hydrogen-bond acceptors (Lipinski definition) is 6.